The van der Waals surface area contributed by atoms with Crippen LogP contribution < -0.4 is 5.32 Å². The number of aromatic amines is 1. The Morgan fingerprint density at radius 2 is 1.75 bits per heavy atom. The van der Waals surface area contributed by atoms with E-state index >= 15 is 0 Å². The van der Waals surface area contributed by atoms with Crippen LogP contribution in [-0.4, -0.2) is 44.4 Å². The summed E-state index contributed by atoms with van der Waals surface area (Å²) in [5, 5.41) is 28.8. The van der Waals surface area contributed by atoms with Crippen LogP contribution in [0.15, 0.2) is 60.7 Å². The van der Waals surface area contributed by atoms with Crippen molar-refractivity contribution in [3.63, 3.8) is 0 Å². The highest BCUT2D eigenvalue weighted by molar-refractivity contribution is 5.92. The highest BCUT2D eigenvalue weighted by Crippen LogP contribution is 2.20. The third-order valence-corrected chi connectivity index (χ3v) is 5.33. The fraction of sp³-hybridized carbons (Fsp3) is 0.320. The molecule has 0 aliphatic heterocycles. The fourth-order valence-electron chi connectivity index (χ4n) is 3.54. The van der Waals surface area contributed by atoms with Crippen molar-refractivity contribution in [2.45, 2.75) is 51.2 Å². The van der Waals surface area contributed by atoms with Crippen LogP contribution in [0.25, 0.3) is 11.1 Å². The van der Waals surface area contributed by atoms with E-state index in [1.165, 1.54) is 0 Å². The van der Waals surface area contributed by atoms with Gasteiger partial charge in [0.1, 0.15) is 5.69 Å². The van der Waals surface area contributed by atoms with Crippen LogP contribution in [-0.2, 0) is 17.6 Å². The number of hydrogen-bond acceptors (Lipinski definition) is 4. The van der Waals surface area contributed by atoms with Gasteiger partial charge in [-0.15, -0.1) is 0 Å². The average molecular weight is 436 g/mol. The van der Waals surface area contributed by atoms with Crippen LogP contribution in [0.2, 0.25) is 0 Å². The molecule has 0 aliphatic rings. The summed E-state index contributed by atoms with van der Waals surface area (Å²) in [7, 11) is 0. The van der Waals surface area contributed by atoms with Gasteiger partial charge in [0.05, 0.1) is 5.69 Å². The van der Waals surface area contributed by atoms with E-state index in [9.17, 15) is 14.7 Å². The maximum atomic E-state index is 12.7. The summed E-state index contributed by atoms with van der Waals surface area (Å²) in [5.74, 6) is -1.68. The van der Waals surface area contributed by atoms with E-state index in [-0.39, 0.29) is 12.3 Å². The Bertz CT molecular complexity index is 1020. The van der Waals surface area contributed by atoms with Crippen molar-refractivity contribution >= 4 is 11.9 Å². The first-order chi connectivity index (χ1) is 15.5. The number of benzene rings is 2. The first-order valence-corrected chi connectivity index (χ1v) is 10.9. The van der Waals surface area contributed by atoms with Crippen LogP contribution in [0.4, 0.5) is 0 Å². The predicted octanol–water partition coefficient (Wildman–Crippen LogP) is 3.60. The summed E-state index contributed by atoms with van der Waals surface area (Å²) in [6.45, 7) is 2.09. The molecule has 0 fully saturated rings. The molecule has 4 N–H and O–H groups in total. The molecule has 0 saturated carbocycles. The van der Waals surface area contributed by atoms with E-state index in [2.05, 4.69) is 22.4 Å². The van der Waals surface area contributed by atoms with Gasteiger partial charge in [-0.1, -0.05) is 67.9 Å². The first-order valence-electron chi connectivity index (χ1n) is 10.9. The van der Waals surface area contributed by atoms with Crippen LogP contribution in [0, 0.1) is 0 Å². The average Bonchev–Trinajstić information content (AvgIpc) is 3.28. The van der Waals surface area contributed by atoms with Gasteiger partial charge in [-0.25, -0.2) is 4.79 Å². The molecule has 0 aliphatic carbocycles. The molecule has 2 atom stereocenters. The summed E-state index contributed by atoms with van der Waals surface area (Å²) < 4.78 is 0. The van der Waals surface area contributed by atoms with E-state index in [0.717, 1.165) is 41.6 Å². The number of aliphatic hydroxyl groups excluding tert-OH is 1. The second-order valence-electron chi connectivity index (χ2n) is 7.90. The molecule has 0 radical (unpaired) electrons. The van der Waals surface area contributed by atoms with Crippen molar-refractivity contribution in [2.24, 2.45) is 0 Å². The number of aromatic nitrogens is 2. The lowest BCUT2D eigenvalue weighted by Gasteiger charge is -2.20. The molecular formula is C25H29N3O4. The maximum Gasteiger partial charge on any atom is 0.332 e. The van der Waals surface area contributed by atoms with Gasteiger partial charge < -0.3 is 15.5 Å². The molecule has 168 valence electrons. The number of carboxylic acids is 1. The molecule has 2 unspecified atom stereocenters. The number of carboxylic acid groups (broad SMARTS) is 1. The molecule has 7 heteroatoms. The SMILES string of the molecule is CCCCc1cc(C(=O)NC(Cc2ccc(-c3ccccc3)cc2)CC(O)C(=O)O)[nH]n1. The quantitative estimate of drug-likeness (QED) is 0.367. The third-order valence-electron chi connectivity index (χ3n) is 5.33. The zero-order valence-corrected chi connectivity index (χ0v) is 18.1. The van der Waals surface area contributed by atoms with Crippen LogP contribution in [0.1, 0.15) is 47.9 Å². The topological polar surface area (TPSA) is 115 Å². The van der Waals surface area contributed by atoms with Gasteiger partial charge in [0.2, 0.25) is 0 Å². The standard InChI is InChI=1S/C25H29N3O4/c1-2-3-9-20-15-22(28-27-20)24(30)26-21(16-23(29)25(31)32)14-17-10-12-19(13-11-17)18-7-5-4-6-8-18/h4-8,10-13,15,21,23,29H,2-3,9,14,16H2,1H3,(H,26,30)(H,27,28)(H,31,32). The maximum absolute atomic E-state index is 12.7. The number of H-pyrrole nitrogens is 1. The molecule has 32 heavy (non-hydrogen) atoms. The Kier molecular flexibility index (Phi) is 8.16. The summed E-state index contributed by atoms with van der Waals surface area (Å²) >= 11 is 0. The van der Waals surface area contributed by atoms with Crippen molar-refractivity contribution in [3.05, 3.63) is 77.6 Å². The molecule has 1 aromatic heterocycles. The van der Waals surface area contributed by atoms with Crippen LogP contribution in [0.3, 0.4) is 0 Å². The molecule has 1 amide bonds. The normalized spacial score (nSPS) is 12.8. The molecule has 0 saturated heterocycles. The van der Waals surface area contributed by atoms with Gasteiger partial charge in [0.25, 0.3) is 5.91 Å². The van der Waals surface area contributed by atoms with Gasteiger partial charge in [-0.05, 0) is 42.0 Å². The summed E-state index contributed by atoms with van der Waals surface area (Å²) in [4.78, 5) is 23.9. The molecule has 0 bridgehead atoms. The second kappa shape index (κ2) is 11.2. The Labute approximate surface area is 187 Å². The molecule has 2 aromatic carbocycles. The minimum atomic E-state index is -1.56. The molecule has 3 rings (SSSR count). The molecule has 7 nitrogen and oxygen atoms in total. The van der Waals surface area contributed by atoms with Crippen molar-refractivity contribution in [3.8, 4) is 11.1 Å². The van der Waals surface area contributed by atoms with Gasteiger partial charge in [0.15, 0.2) is 6.10 Å². The van der Waals surface area contributed by atoms with Crippen molar-refractivity contribution in [1.82, 2.24) is 15.5 Å². The van der Waals surface area contributed by atoms with Crippen LogP contribution >= 0.6 is 0 Å². The summed E-state index contributed by atoms with van der Waals surface area (Å²) in [6.07, 6.45) is 1.53. The Hall–Kier alpha value is -3.45. The monoisotopic (exact) mass is 435 g/mol. The predicted molar refractivity (Wildman–Crippen MR) is 122 cm³/mol. The zero-order valence-electron chi connectivity index (χ0n) is 18.1. The van der Waals surface area contributed by atoms with E-state index in [1.54, 1.807) is 6.07 Å². The smallest absolute Gasteiger partial charge is 0.332 e. The lowest BCUT2D eigenvalue weighted by molar-refractivity contribution is -0.147. The number of aryl methyl sites for hydroxylation is 1. The van der Waals surface area contributed by atoms with Gasteiger partial charge in [-0.2, -0.15) is 5.10 Å². The number of hydrogen-bond donors (Lipinski definition) is 4. The lowest BCUT2D eigenvalue weighted by atomic mass is 9.97. The van der Waals surface area contributed by atoms with E-state index in [4.69, 9.17) is 5.11 Å². The minimum absolute atomic E-state index is 0.0989. The Morgan fingerprint density at radius 1 is 1.06 bits per heavy atom. The Morgan fingerprint density at radius 3 is 2.41 bits per heavy atom. The number of unbranched alkanes of at least 4 members (excludes halogenated alkanes) is 1. The van der Waals surface area contributed by atoms with E-state index < -0.39 is 18.1 Å². The molecule has 3 aromatic rings. The van der Waals surface area contributed by atoms with Crippen molar-refractivity contribution < 1.29 is 19.8 Å². The van der Waals surface area contributed by atoms with E-state index in [0.29, 0.717) is 12.1 Å². The Balaban J connectivity index is 1.70. The number of nitrogens with one attached hydrogen (secondary N) is 2. The zero-order chi connectivity index (χ0) is 22.9. The van der Waals surface area contributed by atoms with Gasteiger partial charge in [0, 0.05) is 12.5 Å². The highest BCUT2D eigenvalue weighted by Gasteiger charge is 2.23. The molecule has 0 spiro atoms. The second-order valence-corrected chi connectivity index (χ2v) is 7.90. The fourth-order valence-corrected chi connectivity index (χ4v) is 3.54. The van der Waals surface area contributed by atoms with Crippen molar-refractivity contribution in [2.75, 3.05) is 0 Å². The lowest BCUT2D eigenvalue weighted by Crippen LogP contribution is -2.40. The first kappa shape index (κ1) is 23.2. The number of aliphatic carboxylic acids is 1. The van der Waals surface area contributed by atoms with Crippen molar-refractivity contribution in [1.29, 1.82) is 0 Å². The summed E-state index contributed by atoms with van der Waals surface area (Å²) in [5.41, 5.74) is 4.24. The van der Waals surface area contributed by atoms with Gasteiger partial charge >= 0.3 is 5.97 Å². The molecular weight excluding hydrogens is 406 g/mol. The number of nitrogens with zero attached hydrogens (tertiary/aromatic N) is 1. The number of carbonyl (C=O) groups is 2. The van der Waals surface area contributed by atoms with Crippen LogP contribution in [0.5, 0.6) is 0 Å². The molecule has 1 heterocycles. The van der Waals surface area contributed by atoms with Gasteiger partial charge in [-0.3, -0.25) is 9.89 Å². The largest absolute Gasteiger partial charge is 0.479 e. The highest BCUT2D eigenvalue weighted by atomic mass is 16.4. The minimum Gasteiger partial charge on any atom is -0.479 e. The summed E-state index contributed by atoms with van der Waals surface area (Å²) in [6, 6.07) is 19.0. The number of rotatable bonds is 11. The number of carbonyl (C=O) groups excluding carboxylic acids is 1. The van der Waals surface area contributed by atoms with E-state index in [1.807, 2.05) is 54.6 Å². The third kappa shape index (κ3) is 6.52. The number of aliphatic hydroxyl groups is 1. The number of amides is 1.